The van der Waals surface area contributed by atoms with Crippen molar-refractivity contribution in [3.8, 4) is 0 Å². The molecular formula is C10H14O2S. The van der Waals surface area contributed by atoms with E-state index in [0.29, 0.717) is 5.57 Å². The molecule has 0 atom stereocenters. The predicted molar refractivity (Wildman–Crippen MR) is 56.8 cm³/mol. The average molecular weight is 198 g/mol. The van der Waals surface area contributed by atoms with E-state index >= 15 is 0 Å². The molecule has 0 saturated carbocycles. The number of sulfone groups is 1. The number of allylic oxidation sites excluding steroid dienone is 5. The second kappa shape index (κ2) is 5.54. The van der Waals surface area contributed by atoms with E-state index < -0.39 is 9.84 Å². The molecule has 0 bridgehead atoms. The van der Waals surface area contributed by atoms with Gasteiger partial charge >= 0.3 is 0 Å². The molecule has 0 radical (unpaired) electrons. The van der Waals surface area contributed by atoms with Gasteiger partial charge in [0.2, 0.25) is 0 Å². The van der Waals surface area contributed by atoms with Gasteiger partial charge in [-0.05, 0) is 19.9 Å². The lowest BCUT2D eigenvalue weighted by Gasteiger charge is -1.87. The van der Waals surface area contributed by atoms with E-state index in [-0.39, 0.29) is 0 Å². The third-order valence-corrected chi connectivity index (χ3v) is 2.17. The average Bonchev–Trinajstić information content (AvgIpc) is 2.02. The molecule has 0 amide bonds. The molecule has 0 N–H and O–H groups in total. The lowest BCUT2D eigenvalue weighted by Crippen LogP contribution is -1.87. The summed E-state index contributed by atoms with van der Waals surface area (Å²) in [6, 6.07) is 0. The van der Waals surface area contributed by atoms with Gasteiger partial charge in [-0.2, -0.15) is 0 Å². The molecule has 72 valence electrons. The smallest absolute Gasteiger partial charge is 0.193 e. The zero-order valence-electron chi connectivity index (χ0n) is 7.90. The van der Waals surface area contributed by atoms with Crippen molar-refractivity contribution in [2.24, 2.45) is 0 Å². The molecule has 0 heterocycles. The molecule has 0 aliphatic rings. The Balaban J connectivity index is 4.52. The third kappa shape index (κ3) is 7.28. The summed E-state index contributed by atoms with van der Waals surface area (Å²) in [4.78, 5) is 0. The highest BCUT2D eigenvalue weighted by Gasteiger charge is 1.96. The van der Waals surface area contributed by atoms with Gasteiger partial charge in [-0.15, -0.1) is 0 Å². The quantitative estimate of drug-likeness (QED) is 0.651. The van der Waals surface area contributed by atoms with E-state index in [9.17, 15) is 8.42 Å². The van der Waals surface area contributed by atoms with Crippen LogP contribution in [0, 0.1) is 0 Å². The van der Waals surface area contributed by atoms with Crippen molar-refractivity contribution >= 4 is 9.84 Å². The second-order valence-corrected chi connectivity index (χ2v) is 4.31. The minimum atomic E-state index is -3.22. The Morgan fingerprint density at radius 3 is 2.31 bits per heavy atom. The van der Waals surface area contributed by atoms with Gasteiger partial charge in [-0.1, -0.05) is 30.4 Å². The van der Waals surface area contributed by atoms with Crippen LogP contribution >= 0.6 is 0 Å². The maximum absolute atomic E-state index is 11.2. The van der Waals surface area contributed by atoms with E-state index in [1.165, 1.54) is 12.2 Å². The summed E-state index contributed by atoms with van der Waals surface area (Å²) < 4.78 is 22.3. The summed E-state index contributed by atoms with van der Waals surface area (Å²) in [5.41, 5.74) is 0.711. The Morgan fingerprint density at radius 2 is 1.85 bits per heavy atom. The first-order valence-corrected chi connectivity index (χ1v) is 5.47. The summed E-state index contributed by atoms with van der Waals surface area (Å²) in [7, 11) is -3.22. The first-order chi connectivity index (χ1) is 5.98. The summed E-state index contributed by atoms with van der Waals surface area (Å²) in [6.07, 6.45) is 6.37. The van der Waals surface area contributed by atoms with Crippen molar-refractivity contribution in [3.05, 3.63) is 47.3 Å². The van der Waals surface area contributed by atoms with Crippen LogP contribution in [0.3, 0.4) is 0 Å². The maximum Gasteiger partial charge on any atom is 0.193 e. The standard InChI is InChI=1S/C10H14O2S/c1-4-5-6-8-13(11,12)9-7-10(2)3/h4-9H,2H2,1,3H3. The summed E-state index contributed by atoms with van der Waals surface area (Å²) in [5, 5.41) is 2.28. The van der Waals surface area contributed by atoms with Crippen LogP contribution in [0.5, 0.6) is 0 Å². The molecular weight excluding hydrogens is 184 g/mol. The van der Waals surface area contributed by atoms with Crippen molar-refractivity contribution < 1.29 is 8.42 Å². The Bertz CT molecular complexity index is 343. The second-order valence-electron chi connectivity index (χ2n) is 2.59. The molecule has 3 heteroatoms. The Morgan fingerprint density at radius 1 is 1.23 bits per heavy atom. The van der Waals surface area contributed by atoms with Gasteiger partial charge in [0, 0.05) is 10.8 Å². The van der Waals surface area contributed by atoms with E-state index in [1.54, 1.807) is 19.1 Å². The van der Waals surface area contributed by atoms with Crippen LogP contribution in [-0.2, 0) is 9.84 Å². The Hall–Kier alpha value is -1.09. The molecule has 0 aromatic carbocycles. The van der Waals surface area contributed by atoms with E-state index in [4.69, 9.17) is 0 Å². The van der Waals surface area contributed by atoms with Gasteiger partial charge in [0.05, 0.1) is 0 Å². The highest BCUT2D eigenvalue weighted by atomic mass is 32.2. The molecule has 0 saturated heterocycles. The molecule has 0 spiro atoms. The van der Waals surface area contributed by atoms with Crippen LogP contribution in [0.15, 0.2) is 47.3 Å². The molecule has 0 rings (SSSR count). The molecule has 2 nitrogen and oxygen atoms in total. The van der Waals surface area contributed by atoms with Gasteiger partial charge in [-0.25, -0.2) is 8.42 Å². The first kappa shape index (κ1) is 11.9. The molecule has 0 aliphatic carbocycles. The summed E-state index contributed by atoms with van der Waals surface area (Å²) in [6.45, 7) is 7.12. The van der Waals surface area contributed by atoms with Crippen LogP contribution in [0.25, 0.3) is 0 Å². The zero-order chi connectivity index (χ0) is 10.3. The van der Waals surface area contributed by atoms with Crippen LogP contribution in [0.1, 0.15) is 13.8 Å². The largest absolute Gasteiger partial charge is 0.220 e. The monoisotopic (exact) mass is 198 g/mol. The topological polar surface area (TPSA) is 34.1 Å². The Labute approximate surface area is 79.9 Å². The summed E-state index contributed by atoms with van der Waals surface area (Å²) in [5.74, 6) is 0. The zero-order valence-corrected chi connectivity index (χ0v) is 8.71. The maximum atomic E-state index is 11.2. The lowest BCUT2D eigenvalue weighted by atomic mass is 10.4. The minimum Gasteiger partial charge on any atom is -0.220 e. The van der Waals surface area contributed by atoms with Crippen molar-refractivity contribution in [1.29, 1.82) is 0 Å². The van der Waals surface area contributed by atoms with E-state index in [1.807, 2.05) is 6.92 Å². The van der Waals surface area contributed by atoms with E-state index in [2.05, 4.69) is 6.58 Å². The Kier molecular flexibility index (Phi) is 5.07. The van der Waals surface area contributed by atoms with Gasteiger partial charge in [0.25, 0.3) is 0 Å². The normalized spacial score (nSPS) is 13.4. The lowest BCUT2D eigenvalue weighted by molar-refractivity contribution is 0.612. The molecule has 13 heavy (non-hydrogen) atoms. The molecule has 0 unspecified atom stereocenters. The SMILES string of the molecule is C=C(C)C=CS(=O)(=O)C=CC=CC. The highest BCUT2D eigenvalue weighted by Crippen LogP contribution is 1.98. The van der Waals surface area contributed by atoms with Crippen LogP contribution in [0.2, 0.25) is 0 Å². The molecule has 0 aromatic rings. The van der Waals surface area contributed by atoms with Gasteiger partial charge in [0.15, 0.2) is 9.84 Å². The predicted octanol–water partition coefficient (Wildman–Crippen LogP) is 2.58. The van der Waals surface area contributed by atoms with E-state index in [0.717, 1.165) is 10.8 Å². The number of rotatable bonds is 4. The van der Waals surface area contributed by atoms with Crippen LogP contribution in [0.4, 0.5) is 0 Å². The molecule has 0 fully saturated rings. The fourth-order valence-electron chi connectivity index (χ4n) is 0.522. The van der Waals surface area contributed by atoms with Gasteiger partial charge in [-0.3, -0.25) is 0 Å². The van der Waals surface area contributed by atoms with Crippen molar-refractivity contribution in [3.63, 3.8) is 0 Å². The van der Waals surface area contributed by atoms with Gasteiger partial charge < -0.3 is 0 Å². The van der Waals surface area contributed by atoms with Crippen molar-refractivity contribution in [2.45, 2.75) is 13.8 Å². The molecule has 0 aliphatic heterocycles. The number of hydrogen-bond donors (Lipinski definition) is 0. The van der Waals surface area contributed by atoms with Crippen molar-refractivity contribution in [1.82, 2.24) is 0 Å². The fourth-order valence-corrected chi connectivity index (χ4v) is 1.34. The van der Waals surface area contributed by atoms with Crippen LogP contribution in [-0.4, -0.2) is 8.42 Å². The number of hydrogen-bond acceptors (Lipinski definition) is 2. The van der Waals surface area contributed by atoms with Crippen LogP contribution < -0.4 is 0 Å². The third-order valence-electron chi connectivity index (χ3n) is 1.11. The van der Waals surface area contributed by atoms with Crippen molar-refractivity contribution in [2.75, 3.05) is 0 Å². The molecule has 0 aromatic heterocycles. The fraction of sp³-hybridized carbons (Fsp3) is 0.200. The highest BCUT2D eigenvalue weighted by molar-refractivity contribution is 7.97. The minimum absolute atomic E-state index is 0.711. The van der Waals surface area contributed by atoms with Gasteiger partial charge in [0.1, 0.15) is 0 Å². The first-order valence-electron chi connectivity index (χ1n) is 3.86. The summed E-state index contributed by atoms with van der Waals surface area (Å²) >= 11 is 0.